The number of alkyl halides is 1. The lowest BCUT2D eigenvalue weighted by Gasteiger charge is -1.55. The van der Waals surface area contributed by atoms with E-state index in [0.717, 1.165) is 12.8 Å². The van der Waals surface area contributed by atoms with E-state index in [-0.39, 0.29) is 0 Å². The second-order valence-corrected chi connectivity index (χ2v) is 1.75. The maximum atomic E-state index is 11.1. The third kappa shape index (κ3) is 17.3. The van der Waals surface area contributed by atoms with Gasteiger partial charge >= 0.3 is 5.43 Å². The molecule has 1 saturated carbocycles. The molecule has 0 saturated heterocycles. The van der Waals surface area contributed by atoms with Gasteiger partial charge in [-0.3, -0.25) is 0 Å². The Morgan fingerprint density at radius 2 is 1.88 bits per heavy atom. The highest BCUT2D eigenvalue weighted by Crippen LogP contribution is 2.22. The van der Waals surface area contributed by atoms with Gasteiger partial charge in [0.05, 0.1) is 0 Å². The molecule has 1 N–H and O–H groups in total. The fraction of sp³-hybridized carbons (Fsp3) is 0.750. The van der Waals surface area contributed by atoms with Crippen molar-refractivity contribution in [3.63, 3.8) is 0 Å². The molecular weight excluding hydrogens is 134 g/mol. The Kier molecular flexibility index (Phi) is 3.52. The minimum absolute atomic E-state index is 0.417. The monoisotopic (exact) mass is 140 g/mol. The van der Waals surface area contributed by atoms with E-state index in [1.54, 1.807) is 0 Å². The van der Waals surface area contributed by atoms with Crippen LogP contribution in [0.4, 0.5) is 9.18 Å². The van der Waals surface area contributed by atoms with Gasteiger partial charge in [0.2, 0.25) is 0 Å². The normalized spacial score (nSPS) is 16.2. The van der Waals surface area contributed by atoms with E-state index in [4.69, 9.17) is 9.90 Å². The van der Waals surface area contributed by atoms with Gasteiger partial charge in [-0.15, -0.1) is 0 Å². The van der Waals surface area contributed by atoms with E-state index in [0.29, 0.717) is 0 Å². The molecule has 8 heavy (non-hydrogen) atoms. The van der Waals surface area contributed by atoms with E-state index >= 15 is 0 Å². The highest BCUT2D eigenvalue weighted by Gasteiger charge is 2.18. The summed E-state index contributed by atoms with van der Waals surface area (Å²) in [6, 6.07) is 0. The first-order chi connectivity index (χ1) is 3.63. The van der Waals surface area contributed by atoms with E-state index < -0.39 is 11.6 Å². The summed E-state index contributed by atoms with van der Waals surface area (Å²) >= 11 is 4.19. The summed E-state index contributed by atoms with van der Waals surface area (Å²) in [5.41, 5.74) is -1.36. The first kappa shape index (κ1) is 7.69. The van der Waals surface area contributed by atoms with E-state index in [2.05, 4.69) is 11.6 Å². The zero-order valence-corrected chi connectivity index (χ0v) is 4.86. The molecule has 0 aromatic rings. The molecule has 0 aromatic carbocycles. The number of hydrogen-bond acceptors (Lipinski definition) is 1. The van der Waals surface area contributed by atoms with Gasteiger partial charge in [0.15, 0.2) is 0 Å². The average molecular weight is 141 g/mol. The summed E-state index contributed by atoms with van der Waals surface area (Å²) in [7, 11) is 0. The lowest BCUT2D eigenvalue weighted by Crippen LogP contribution is -1.66. The Morgan fingerprint density at radius 3 is 1.88 bits per heavy atom. The molecule has 1 aliphatic rings. The number of rotatable bonds is 0. The van der Waals surface area contributed by atoms with Crippen LogP contribution >= 0.6 is 11.6 Å². The lowest BCUT2D eigenvalue weighted by molar-refractivity contribution is 0.220. The van der Waals surface area contributed by atoms with Gasteiger partial charge in [0.1, 0.15) is 6.17 Å². The summed E-state index contributed by atoms with van der Waals surface area (Å²) in [4.78, 5) is 8.77. The van der Waals surface area contributed by atoms with Crippen LogP contribution in [0.5, 0.6) is 0 Å². The molecule has 1 rings (SSSR count). The molecule has 0 unspecified atom stereocenters. The van der Waals surface area contributed by atoms with Crippen LogP contribution in [0.2, 0.25) is 0 Å². The van der Waals surface area contributed by atoms with Gasteiger partial charge in [-0.2, -0.15) is 0 Å². The van der Waals surface area contributed by atoms with Crippen LogP contribution in [0, 0.1) is 0 Å². The first-order valence-corrected chi connectivity index (χ1v) is 2.53. The van der Waals surface area contributed by atoms with Gasteiger partial charge < -0.3 is 5.11 Å². The van der Waals surface area contributed by atoms with E-state index in [1.807, 2.05) is 0 Å². The zero-order chi connectivity index (χ0) is 6.57. The van der Waals surface area contributed by atoms with Crippen molar-refractivity contribution in [2.75, 3.05) is 0 Å². The van der Waals surface area contributed by atoms with Gasteiger partial charge in [-0.25, -0.2) is 9.18 Å². The summed E-state index contributed by atoms with van der Waals surface area (Å²) < 4.78 is 11.1. The lowest BCUT2D eigenvalue weighted by atomic mass is 10.9. The Morgan fingerprint density at radius 1 is 1.75 bits per heavy atom. The van der Waals surface area contributed by atoms with Crippen LogP contribution in [-0.4, -0.2) is 16.7 Å². The van der Waals surface area contributed by atoms with E-state index in [1.165, 1.54) is 0 Å². The number of halogens is 2. The van der Waals surface area contributed by atoms with Gasteiger partial charge in [0.25, 0.3) is 0 Å². The fourth-order valence-electron chi connectivity index (χ4n) is 0.0630. The van der Waals surface area contributed by atoms with Crippen molar-refractivity contribution >= 4 is 17.0 Å². The number of hydrogen-bond donors (Lipinski definition) is 1. The van der Waals surface area contributed by atoms with Crippen molar-refractivity contribution in [3.8, 4) is 0 Å². The Balaban J connectivity index is 0.000000122. The molecule has 0 amide bonds. The molecule has 0 atom stereocenters. The molecule has 0 bridgehead atoms. The Labute approximate surface area is 51.3 Å². The summed E-state index contributed by atoms with van der Waals surface area (Å²) in [5, 5.41) is 7.18. The van der Waals surface area contributed by atoms with E-state index in [9.17, 15) is 4.39 Å². The van der Waals surface area contributed by atoms with Gasteiger partial charge in [0, 0.05) is 11.6 Å². The molecule has 0 heterocycles. The molecule has 1 aliphatic carbocycles. The van der Waals surface area contributed by atoms with Crippen molar-refractivity contribution in [3.05, 3.63) is 0 Å². The highest BCUT2D eigenvalue weighted by molar-refractivity contribution is 6.60. The maximum absolute atomic E-state index is 11.1. The zero-order valence-electron chi connectivity index (χ0n) is 4.10. The van der Waals surface area contributed by atoms with Crippen molar-refractivity contribution in [2.24, 2.45) is 0 Å². The van der Waals surface area contributed by atoms with Crippen molar-refractivity contribution in [2.45, 2.75) is 19.0 Å². The molecule has 0 aromatic heterocycles. The van der Waals surface area contributed by atoms with Crippen molar-refractivity contribution in [1.82, 2.24) is 0 Å². The van der Waals surface area contributed by atoms with Gasteiger partial charge in [-0.05, 0) is 12.8 Å². The second kappa shape index (κ2) is 3.66. The van der Waals surface area contributed by atoms with Crippen LogP contribution in [-0.2, 0) is 0 Å². The van der Waals surface area contributed by atoms with Crippen LogP contribution in [0.3, 0.4) is 0 Å². The highest BCUT2D eigenvalue weighted by atomic mass is 35.5. The Hall–Kier alpha value is -0.310. The predicted molar refractivity (Wildman–Crippen MR) is 28.0 cm³/mol. The quantitative estimate of drug-likeness (QED) is 0.523. The molecule has 0 radical (unpaired) electrons. The van der Waals surface area contributed by atoms with Crippen LogP contribution in [0.1, 0.15) is 12.8 Å². The molecule has 2 nitrogen and oxygen atoms in total. The minimum Gasteiger partial charge on any atom is -0.469 e. The third-order valence-corrected chi connectivity index (χ3v) is 0.507. The van der Waals surface area contributed by atoms with Crippen molar-refractivity contribution in [1.29, 1.82) is 0 Å². The smallest absolute Gasteiger partial charge is 0.401 e. The second-order valence-electron chi connectivity index (χ2n) is 1.43. The SMILES string of the molecule is FC1CC1.O=C(O)Cl. The third-order valence-electron chi connectivity index (χ3n) is 0.507. The number of carbonyl (C=O) groups is 1. The van der Waals surface area contributed by atoms with Crippen LogP contribution < -0.4 is 0 Å². The number of carboxylic acid groups (broad SMARTS) is 1. The standard InChI is InChI=1S/C3H5F.CHClO2/c4-3-1-2-3;2-1(3)4/h3H,1-2H2;(H,3,4). The van der Waals surface area contributed by atoms with Crippen LogP contribution in [0.25, 0.3) is 0 Å². The summed E-state index contributed by atoms with van der Waals surface area (Å²) in [6.45, 7) is 0. The molecule has 0 spiro atoms. The molecule has 48 valence electrons. The summed E-state index contributed by atoms with van der Waals surface area (Å²) in [6.07, 6.45) is 1.22. The largest absolute Gasteiger partial charge is 0.469 e. The fourth-order valence-corrected chi connectivity index (χ4v) is 0.0630. The predicted octanol–water partition coefficient (Wildman–Crippen LogP) is 2.02. The molecule has 0 aliphatic heterocycles. The average Bonchev–Trinajstić information content (AvgIpc) is 2.19. The van der Waals surface area contributed by atoms with Gasteiger partial charge in [-0.1, -0.05) is 0 Å². The van der Waals surface area contributed by atoms with Crippen LogP contribution in [0.15, 0.2) is 0 Å². The molecule has 1 fully saturated rings. The topological polar surface area (TPSA) is 37.3 Å². The van der Waals surface area contributed by atoms with Crippen molar-refractivity contribution < 1.29 is 14.3 Å². The minimum atomic E-state index is -1.36. The molecule has 4 heteroatoms. The molecular formula is C4H6ClFO2. The first-order valence-electron chi connectivity index (χ1n) is 2.15. The maximum Gasteiger partial charge on any atom is 0.401 e. The Bertz CT molecular complexity index is 78.1. The summed E-state index contributed by atoms with van der Waals surface area (Å²) in [5.74, 6) is 0.